The van der Waals surface area contributed by atoms with Crippen LogP contribution in [0.3, 0.4) is 0 Å². The molecule has 2 atom stereocenters. The molecule has 2 aliphatic heterocycles. The zero-order chi connectivity index (χ0) is 17.6. The van der Waals surface area contributed by atoms with Crippen molar-refractivity contribution in [3.05, 3.63) is 70.3 Å². The molecule has 0 radical (unpaired) electrons. The van der Waals surface area contributed by atoms with Gasteiger partial charge >= 0.3 is 0 Å². The van der Waals surface area contributed by atoms with Gasteiger partial charge in [0.05, 0.1) is 11.4 Å². The molecule has 1 amide bonds. The van der Waals surface area contributed by atoms with Crippen LogP contribution in [0.15, 0.2) is 59.7 Å². The number of nitrogens with zero attached hydrogens (tertiary/aromatic N) is 3. The number of rotatable bonds is 3. The van der Waals surface area contributed by atoms with Crippen molar-refractivity contribution >= 4 is 17.3 Å². The summed E-state index contributed by atoms with van der Waals surface area (Å²) in [7, 11) is 0. The molecule has 7 nitrogen and oxygen atoms in total. The van der Waals surface area contributed by atoms with Crippen LogP contribution in [0.25, 0.3) is 0 Å². The van der Waals surface area contributed by atoms with Crippen molar-refractivity contribution in [1.82, 2.24) is 0 Å². The Morgan fingerprint density at radius 2 is 1.88 bits per heavy atom. The summed E-state index contributed by atoms with van der Waals surface area (Å²) in [6.45, 7) is 1.28. The van der Waals surface area contributed by atoms with Gasteiger partial charge in [0, 0.05) is 10.5 Å². The minimum Gasteiger partial charge on any atom is -0.470 e. The third-order valence-electron chi connectivity index (χ3n) is 4.69. The molecule has 0 unspecified atom stereocenters. The topological polar surface area (TPSA) is 85.0 Å². The molecule has 1 spiro atoms. The van der Waals surface area contributed by atoms with Crippen LogP contribution in [0.1, 0.15) is 18.4 Å². The lowest BCUT2D eigenvalue weighted by atomic mass is 9.81. The standard InChI is InChI=1S/C18H15N3O4/c1-12-18(17(22)21(19-12)13-7-3-2-4-8-13)15(11-20(23)24)14-9-5-6-10-16(14)25-18/h2-10,15H,11H2,1H3/t15-,18+/m1/s1. The second-order valence-electron chi connectivity index (χ2n) is 6.08. The molecule has 0 bridgehead atoms. The molecular weight excluding hydrogens is 322 g/mol. The van der Waals surface area contributed by atoms with Crippen LogP contribution in [0.2, 0.25) is 0 Å². The van der Waals surface area contributed by atoms with Crippen LogP contribution in [0.5, 0.6) is 5.75 Å². The molecule has 0 saturated heterocycles. The Morgan fingerprint density at radius 1 is 1.20 bits per heavy atom. The molecule has 2 aromatic carbocycles. The molecule has 4 rings (SSSR count). The first-order valence-electron chi connectivity index (χ1n) is 7.89. The van der Waals surface area contributed by atoms with Gasteiger partial charge in [-0.2, -0.15) is 10.1 Å². The third-order valence-corrected chi connectivity index (χ3v) is 4.69. The molecule has 7 heteroatoms. The molecule has 25 heavy (non-hydrogen) atoms. The first-order valence-corrected chi connectivity index (χ1v) is 7.89. The van der Waals surface area contributed by atoms with Crippen molar-refractivity contribution in [3.8, 4) is 5.75 Å². The third kappa shape index (κ3) is 2.12. The highest BCUT2D eigenvalue weighted by molar-refractivity contribution is 6.23. The van der Waals surface area contributed by atoms with E-state index in [-0.39, 0.29) is 0 Å². The van der Waals surface area contributed by atoms with Crippen molar-refractivity contribution in [1.29, 1.82) is 0 Å². The van der Waals surface area contributed by atoms with E-state index in [9.17, 15) is 14.9 Å². The zero-order valence-electron chi connectivity index (χ0n) is 13.5. The Kier molecular flexibility index (Phi) is 3.31. The molecule has 0 aromatic heterocycles. The van der Waals surface area contributed by atoms with E-state index < -0.39 is 28.9 Å². The summed E-state index contributed by atoms with van der Waals surface area (Å²) in [4.78, 5) is 24.1. The number of fused-ring (bicyclic) bond motifs is 1. The van der Waals surface area contributed by atoms with Gasteiger partial charge in [-0.25, -0.2) is 0 Å². The Morgan fingerprint density at radius 3 is 2.60 bits per heavy atom. The van der Waals surface area contributed by atoms with Gasteiger partial charge in [-0.3, -0.25) is 14.9 Å². The van der Waals surface area contributed by atoms with Gasteiger partial charge in [0.25, 0.3) is 5.91 Å². The van der Waals surface area contributed by atoms with E-state index in [2.05, 4.69) is 5.10 Å². The molecule has 126 valence electrons. The van der Waals surface area contributed by atoms with Crippen molar-refractivity contribution in [2.75, 3.05) is 11.6 Å². The first-order chi connectivity index (χ1) is 12.0. The van der Waals surface area contributed by atoms with Gasteiger partial charge in [-0.1, -0.05) is 36.4 Å². The van der Waals surface area contributed by atoms with Gasteiger partial charge in [-0.15, -0.1) is 0 Å². The number of nitro groups is 1. The average Bonchev–Trinajstić information content (AvgIpc) is 3.06. The minimum absolute atomic E-state index is 0.403. The number of carbonyl (C=O) groups is 1. The van der Waals surface area contributed by atoms with Gasteiger partial charge in [0.2, 0.25) is 12.1 Å². The van der Waals surface area contributed by atoms with Crippen LogP contribution >= 0.6 is 0 Å². The van der Waals surface area contributed by atoms with E-state index >= 15 is 0 Å². The molecular formula is C18H15N3O4. The maximum Gasteiger partial charge on any atom is 0.298 e. The zero-order valence-corrected chi connectivity index (χ0v) is 13.5. The Hall–Kier alpha value is -3.22. The molecule has 2 aliphatic rings. The first kappa shape index (κ1) is 15.3. The second kappa shape index (κ2) is 5.41. The summed E-state index contributed by atoms with van der Waals surface area (Å²) in [5, 5.41) is 16.9. The Bertz CT molecular complexity index is 896. The smallest absolute Gasteiger partial charge is 0.298 e. The molecule has 2 aromatic rings. The summed E-state index contributed by atoms with van der Waals surface area (Å²) in [5.74, 6) is -0.630. The predicted octanol–water partition coefficient (Wildman–Crippen LogP) is 2.60. The number of anilines is 1. The molecule has 0 aliphatic carbocycles. The number of para-hydroxylation sites is 2. The fourth-order valence-electron chi connectivity index (χ4n) is 3.55. The molecule has 0 saturated carbocycles. The maximum absolute atomic E-state index is 13.3. The average molecular weight is 337 g/mol. The monoisotopic (exact) mass is 337 g/mol. The normalized spacial score (nSPS) is 24.2. The van der Waals surface area contributed by atoms with Crippen LogP contribution in [0, 0.1) is 10.1 Å². The van der Waals surface area contributed by atoms with E-state index in [1.807, 2.05) is 6.07 Å². The summed E-state index contributed by atoms with van der Waals surface area (Å²) >= 11 is 0. The van der Waals surface area contributed by atoms with Crippen molar-refractivity contribution in [2.24, 2.45) is 5.10 Å². The van der Waals surface area contributed by atoms with Crippen LogP contribution in [-0.2, 0) is 4.79 Å². The van der Waals surface area contributed by atoms with Crippen molar-refractivity contribution < 1.29 is 14.5 Å². The summed E-state index contributed by atoms with van der Waals surface area (Å²) < 4.78 is 6.02. The van der Waals surface area contributed by atoms with E-state index in [0.29, 0.717) is 22.7 Å². The Labute approximate surface area is 143 Å². The van der Waals surface area contributed by atoms with Crippen molar-refractivity contribution in [3.63, 3.8) is 0 Å². The van der Waals surface area contributed by atoms with E-state index in [0.717, 1.165) is 0 Å². The molecule has 0 N–H and O–H groups in total. The lowest BCUT2D eigenvalue weighted by Gasteiger charge is -2.27. The van der Waals surface area contributed by atoms with Crippen molar-refractivity contribution in [2.45, 2.75) is 18.4 Å². The van der Waals surface area contributed by atoms with E-state index in [4.69, 9.17) is 4.74 Å². The maximum atomic E-state index is 13.3. The molecule has 0 fully saturated rings. The Balaban J connectivity index is 1.82. The number of hydrogen-bond acceptors (Lipinski definition) is 5. The molecule has 2 heterocycles. The number of amides is 1. The summed E-state index contributed by atoms with van der Waals surface area (Å²) in [6, 6.07) is 16.0. The quantitative estimate of drug-likeness (QED) is 0.636. The number of carbonyl (C=O) groups excluding carboxylic acids is 1. The van der Waals surface area contributed by atoms with Crippen LogP contribution in [0.4, 0.5) is 5.69 Å². The minimum atomic E-state index is -1.47. The lowest BCUT2D eigenvalue weighted by Crippen LogP contribution is -2.54. The highest BCUT2D eigenvalue weighted by atomic mass is 16.6. The number of ether oxygens (including phenoxy) is 1. The fourth-order valence-corrected chi connectivity index (χ4v) is 3.55. The highest BCUT2D eigenvalue weighted by Gasteiger charge is 2.63. The van der Waals surface area contributed by atoms with Crippen LogP contribution < -0.4 is 9.75 Å². The summed E-state index contributed by atoms with van der Waals surface area (Å²) in [6.07, 6.45) is 0. The van der Waals surface area contributed by atoms with Crippen LogP contribution in [-0.4, -0.2) is 28.7 Å². The van der Waals surface area contributed by atoms with Gasteiger partial charge in [0.15, 0.2) is 0 Å². The number of benzene rings is 2. The number of hydrazone groups is 1. The van der Waals surface area contributed by atoms with E-state index in [1.165, 1.54) is 5.01 Å². The fraction of sp³-hybridized carbons (Fsp3) is 0.222. The second-order valence-corrected chi connectivity index (χ2v) is 6.08. The van der Waals surface area contributed by atoms with Gasteiger partial charge in [-0.05, 0) is 25.1 Å². The van der Waals surface area contributed by atoms with Gasteiger partial charge < -0.3 is 4.74 Å². The predicted molar refractivity (Wildman–Crippen MR) is 91.4 cm³/mol. The SMILES string of the molecule is CC1=NN(c2ccccc2)C(=O)[C@]12Oc1ccccc1[C@H]2C[N+](=O)[O-]. The van der Waals surface area contributed by atoms with E-state index in [1.54, 1.807) is 55.5 Å². The highest BCUT2D eigenvalue weighted by Crippen LogP contribution is 2.49. The lowest BCUT2D eigenvalue weighted by molar-refractivity contribution is -0.484. The summed E-state index contributed by atoms with van der Waals surface area (Å²) in [5.41, 5.74) is 0.219. The van der Waals surface area contributed by atoms with Gasteiger partial charge in [0.1, 0.15) is 11.7 Å². The largest absolute Gasteiger partial charge is 0.470 e. The number of hydrogen-bond donors (Lipinski definition) is 0.